The normalized spacial score (nSPS) is 35.0. The van der Waals surface area contributed by atoms with Gasteiger partial charge in [-0.05, 0) is 25.8 Å². The third kappa shape index (κ3) is 1.62. The predicted molar refractivity (Wildman–Crippen MR) is 49.5 cm³/mol. The van der Waals surface area contributed by atoms with Crippen molar-refractivity contribution in [2.75, 3.05) is 13.1 Å². The Bertz CT molecular complexity index is 218. The summed E-state index contributed by atoms with van der Waals surface area (Å²) in [6.45, 7) is 2.32. The minimum Gasteiger partial charge on any atom is -0.368 e. The molecule has 2 heterocycles. The lowest BCUT2D eigenvalue weighted by Crippen LogP contribution is -2.34. The van der Waals surface area contributed by atoms with Gasteiger partial charge in [-0.25, -0.2) is 10.5 Å². The number of rotatable bonds is 1. The van der Waals surface area contributed by atoms with E-state index in [0.29, 0.717) is 6.04 Å². The average Bonchev–Trinajstić information content (AvgIpc) is 2.69. The molecule has 74 valence electrons. The van der Waals surface area contributed by atoms with Crippen molar-refractivity contribution >= 4 is 5.96 Å². The van der Waals surface area contributed by atoms with Crippen LogP contribution in [0.4, 0.5) is 0 Å². The Hall–Kier alpha value is -0.810. The molecule has 0 amide bonds. The van der Waals surface area contributed by atoms with Crippen molar-refractivity contribution in [3.63, 3.8) is 0 Å². The van der Waals surface area contributed by atoms with Gasteiger partial charge in [-0.1, -0.05) is 0 Å². The van der Waals surface area contributed by atoms with E-state index < -0.39 is 0 Å². The summed E-state index contributed by atoms with van der Waals surface area (Å²) < 4.78 is 0. The Morgan fingerprint density at radius 2 is 2.31 bits per heavy atom. The number of guanidine groups is 1. The monoisotopic (exact) mass is 184 g/mol. The first kappa shape index (κ1) is 8.77. The van der Waals surface area contributed by atoms with Gasteiger partial charge in [0, 0.05) is 12.6 Å². The number of hydrogen-bond acceptors (Lipinski definition) is 3. The van der Waals surface area contributed by atoms with Gasteiger partial charge in [-0.2, -0.15) is 0 Å². The van der Waals surface area contributed by atoms with Crippen LogP contribution >= 0.6 is 0 Å². The third-order valence-corrected chi connectivity index (χ3v) is 2.99. The van der Waals surface area contributed by atoms with Gasteiger partial charge in [0.2, 0.25) is 5.96 Å². The van der Waals surface area contributed by atoms with Gasteiger partial charge in [-0.15, -0.1) is 0 Å². The highest BCUT2D eigenvalue weighted by Crippen LogP contribution is 2.29. The Morgan fingerprint density at radius 3 is 3.08 bits per heavy atom. The smallest absolute Gasteiger partial charge is 0.213 e. The molecule has 0 aromatic carbocycles. The first-order valence-electron chi connectivity index (χ1n) is 4.78. The maximum Gasteiger partial charge on any atom is 0.213 e. The van der Waals surface area contributed by atoms with Gasteiger partial charge < -0.3 is 5.73 Å². The zero-order valence-electron chi connectivity index (χ0n) is 7.61. The molecule has 0 saturated carbocycles. The fourth-order valence-corrected chi connectivity index (χ4v) is 2.41. The lowest BCUT2D eigenvalue weighted by Gasteiger charge is -2.17. The Kier molecular flexibility index (Phi) is 2.37. The zero-order valence-corrected chi connectivity index (χ0v) is 7.61. The minimum atomic E-state index is 0.138. The molecule has 0 aromatic rings. The van der Waals surface area contributed by atoms with Crippen LogP contribution in [0.1, 0.15) is 19.3 Å². The van der Waals surface area contributed by atoms with Gasteiger partial charge in [0.25, 0.3) is 0 Å². The van der Waals surface area contributed by atoms with Gasteiger partial charge in [-0.3, -0.25) is 10.1 Å². The van der Waals surface area contributed by atoms with Crippen molar-refractivity contribution in [2.45, 2.75) is 31.3 Å². The fraction of sp³-hybridized carbons (Fsp3) is 0.875. The van der Waals surface area contributed by atoms with Crippen LogP contribution in [-0.2, 0) is 0 Å². The van der Waals surface area contributed by atoms with Crippen LogP contribution in [0.25, 0.3) is 0 Å². The summed E-state index contributed by atoms with van der Waals surface area (Å²) in [6.07, 6.45) is 3.54. The van der Waals surface area contributed by atoms with Crippen LogP contribution in [0, 0.1) is 0 Å². The largest absolute Gasteiger partial charge is 0.368 e. The quantitative estimate of drug-likeness (QED) is 0.292. The van der Waals surface area contributed by atoms with Gasteiger partial charge >= 0.3 is 0 Å². The van der Waals surface area contributed by atoms with E-state index in [2.05, 4.69) is 9.89 Å². The van der Waals surface area contributed by atoms with Gasteiger partial charge in [0.15, 0.2) is 0 Å². The second kappa shape index (κ2) is 3.51. The van der Waals surface area contributed by atoms with Crippen molar-refractivity contribution in [1.29, 1.82) is 0 Å². The molecule has 2 saturated heterocycles. The summed E-state index contributed by atoms with van der Waals surface area (Å²) in [7, 11) is 0. The summed E-state index contributed by atoms with van der Waals surface area (Å²) in [4.78, 5) is 6.69. The molecular formula is C8H16N4O. The SMILES string of the molecule is NC(=NC1CCN2CCCC12)NO. The van der Waals surface area contributed by atoms with E-state index in [9.17, 15) is 0 Å². The topological polar surface area (TPSA) is 73.9 Å². The highest BCUT2D eigenvalue weighted by Gasteiger charge is 2.36. The van der Waals surface area contributed by atoms with E-state index in [-0.39, 0.29) is 12.0 Å². The number of aliphatic imine (C=N–C) groups is 1. The van der Waals surface area contributed by atoms with Crippen molar-refractivity contribution < 1.29 is 5.21 Å². The van der Waals surface area contributed by atoms with Crippen molar-refractivity contribution in [3.05, 3.63) is 0 Å². The molecule has 0 aromatic heterocycles. The maximum atomic E-state index is 8.52. The van der Waals surface area contributed by atoms with Crippen LogP contribution in [0.5, 0.6) is 0 Å². The van der Waals surface area contributed by atoms with Gasteiger partial charge in [0.05, 0.1) is 6.04 Å². The molecular weight excluding hydrogens is 168 g/mol. The molecule has 4 N–H and O–H groups in total. The van der Waals surface area contributed by atoms with E-state index in [0.717, 1.165) is 13.0 Å². The molecule has 2 rings (SSSR count). The van der Waals surface area contributed by atoms with Crippen LogP contribution in [0.2, 0.25) is 0 Å². The second-order valence-corrected chi connectivity index (χ2v) is 3.73. The van der Waals surface area contributed by atoms with Crippen LogP contribution < -0.4 is 11.2 Å². The molecule has 13 heavy (non-hydrogen) atoms. The van der Waals surface area contributed by atoms with Crippen LogP contribution in [0.15, 0.2) is 4.99 Å². The predicted octanol–water partition coefficient (Wildman–Crippen LogP) is -0.483. The molecule has 2 fully saturated rings. The number of nitrogens with one attached hydrogen (secondary N) is 1. The molecule has 0 bridgehead atoms. The number of hydrogen-bond donors (Lipinski definition) is 3. The molecule has 5 heteroatoms. The first-order chi connectivity index (χ1) is 6.31. The van der Waals surface area contributed by atoms with Crippen LogP contribution in [-0.4, -0.2) is 41.2 Å². The molecule has 2 aliphatic rings. The van der Waals surface area contributed by atoms with E-state index >= 15 is 0 Å². The fourth-order valence-electron chi connectivity index (χ4n) is 2.41. The van der Waals surface area contributed by atoms with E-state index in [1.807, 2.05) is 5.48 Å². The number of hydroxylamine groups is 1. The summed E-state index contributed by atoms with van der Waals surface area (Å²) in [5.41, 5.74) is 7.29. The Labute approximate surface area is 77.6 Å². The zero-order chi connectivity index (χ0) is 9.26. The average molecular weight is 184 g/mol. The number of nitrogens with two attached hydrogens (primary N) is 1. The van der Waals surface area contributed by atoms with Crippen molar-refractivity contribution in [2.24, 2.45) is 10.7 Å². The first-order valence-corrected chi connectivity index (χ1v) is 4.78. The Morgan fingerprint density at radius 1 is 1.46 bits per heavy atom. The van der Waals surface area contributed by atoms with Crippen LogP contribution in [0.3, 0.4) is 0 Å². The Balaban J connectivity index is 2.01. The lowest BCUT2D eigenvalue weighted by molar-refractivity contribution is 0.231. The third-order valence-electron chi connectivity index (χ3n) is 2.99. The standard InChI is InChI=1S/C8H16N4O/c9-8(11-13)10-6-3-5-12-4-1-2-7(6)12/h6-7,13H,1-5H2,(H3,9,10,11). The van der Waals surface area contributed by atoms with Gasteiger partial charge in [0.1, 0.15) is 0 Å². The summed E-state index contributed by atoms with van der Waals surface area (Å²) >= 11 is 0. The maximum absolute atomic E-state index is 8.52. The molecule has 0 aliphatic carbocycles. The number of fused-ring (bicyclic) bond motifs is 1. The molecule has 2 aliphatic heterocycles. The highest BCUT2D eigenvalue weighted by atomic mass is 16.5. The van der Waals surface area contributed by atoms with Crippen molar-refractivity contribution in [3.8, 4) is 0 Å². The van der Waals surface area contributed by atoms with E-state index in [4.69, 9.17) is 10.9 Å². The van der Waals surface area contributed by atoms with Crippen molar-refractivity contribution in [1.82, 2.24) is 10.4 Å². The molecule has 2 unspecified atom stereocenters. The molecule has 2 atom stereocenters. The second-order valence-electron chi connectivity index (χ2n) is 3.73. The molecule has 0 spiro atoms. The lowest BCUT2D eigenvalue weighted by atomic mass is 10.1. The molecule has 0 radical (unpaired) electrons. The molecule has 5 nitrogen and oxygen atoms in total. The minimum absolute atomic E-state index is 0.138. The summed E-state index contributed by atoms with van der Waals surface area (Å²) in [5, 5.41) is 8.52. The number of nitrogens with zero attached hydrogens (tertiary/aromatic N) is 2. The summed E-state index contributed by atoms with van der Waals surface area (Å²) in [6, 6.07) is 0.842. The summed E-state index contributed by atoms with van der Waals surface area (Å²) in [5.74, 6) is 0.138. The van der Waals surface area contributed by atoms with E-state index in [1.165, 1.54) is 19.4 Å². The van der Waals surface area contributed by atoms with E-state index in [1.54, 1.807) is 0 Å². The highest BCUT2D eigenvalue weighted by molar-refractivity contribution is 5.76.